The molecule has 0 aliphatic rings. The van der Waals surface area contributed by atoms with E-state index >= 15 is 0 Å². The maximum absolute atomic E-state index is 11.8. The highest BCUT2D eigenvalue weighted by Crippen LogP contribution is 2.16. The number of carbonyl (C=O) groups excluding carboxylic acids is 1. The van der Waals surface area contributed by atoms with Crippen LogP contribution < -0.4 is 5.32 Å². The van der Waals surface area contributed by atoms with E-state index in [0.717, 1.165) is 6.08 Å². The molecule has 0 aliphatic heterocycles. The molecule has 0 radical (unpaired) electrons. The van der Waals surface area contributed by atoms with E-state index in [-0.39, 0.29) is 0 Å². The summed E-state index contributed by atoms with van der Waals surface area (Å²) in [6.45, 7) is 2.49. The Labute approximate surface area is 83.8 Å². The predicted octanol–water partition coefficient (Wildman–Crippen LogP) is 1.08. The van der Waals surface area contributed by atoms with E-state index in [2.05, 4.69) is 0 Å². The molecule has 4 nitrogen and oxygen atoms in total. The zero-order valence-electron chi connectivity index (χ0n) is 8.05. The van der Waals surface area contributed by atoms with Crippen LogP contribution in [0.3, 0.4) is 0 Å². The number of alkyl halides is 3. The topological polar surface area (TPSA) is 66.4 Å². The van der Waals surface area contributed by atoms with Gasteiger partial charge in [0.15, 0.2) is 0 Å². The average molecular weight is 225 g/mol. The summed E-state index contributed by atoms with van der Waals surface area (Å²) >= 11 is 0. The molecule has 0 bridgehead atoms. The highest BCUT2D eigenvalue weighted by molar-refractivity contribution is 5.83. The second-order valence-electron chi connectivity index (χ2n) is 3.35. The fourth-order valence-corrected chi connectivity index (χ4v) is 0.685. The second-order valence-corrected chi connectivity index (χ2v) is 3.35. The number of carboxylic acids is 1. The smallest absolute Gasteiger partial charge is 0.471 e. The highest BCUT2D eigenvalue weighted by atomic mass is 19.4. The number of amides is 1. The molecule has 1 amide bonds. The lowest BCUT2D eigenvalue weighted by molar-refractivity contribution is -0.174. The lowest BCUT2D eigenvalue weighted by atomic mass is 10.1. The Kier molecular flexibility index (Phi) is 3.89. The lowest BCUT2D eigenvalue weighted by Crippen LogP contribution is -2.48. The molecular weight excluding hydrogens is 215 g/mol. The number of rotatable bonds is 3. The van der Waals surface area contributed by atoms with Crippen molar-refractivity contribution in [1.29, 1.82) is 0 Å². The molecule has 2 N–H and O–H groups in total. The zero-order chi connectivity index (χ0) is 12.3. The SMILES string of the molecule is CC(C)(/C=C/C(=O)O)NC(=O)C(F)(F)F. The number of carbonyl (C=O) groups is 2. The molecule has 0 saturated carbocycles. The van der Waals surface area contributed by atoms with Crippen molar-refractivity contribution in [2.24, 2.45) is 0 Å². The van der Waals surface area contributed by atoms with Gasteiger partial charge in [0, 0.05) is 6.08 Å². The number of carboxylic acid groups (broad SMARTS) is 1. The summed E-state index contributed by atoms with van der Waals surface area (Å²) in [5.74, 6) is -3.41. The van der Waals surface area contributed by atoms with E-state index in [4.69, 9.17) is 5.11 Å². The van der Waals surface area contributed by atoms with E-state index in [0.29, 0.717) is 6.08 Å². The molecule has 86 valence electrons. The van der Waals surface area contributed by atoms with Gasteiger partial charge in [-0.3, -0.25) is 4.79 Å². The third-order valence-electron chi connectivity index (χ3n) is 1.34. The third kappa shape index (κ3) is 5.71. The molecule has 0 heterocycles. The van der Waals surface area contributed by atoms with Gasteiger partial charge < -0.3 is 10.4 Å². The second kappa shape index (κ2) is 4.33. The summed E-state index contributed by atoms with van der Waals surface area (Å²) in [7, 11) is 0. The van der Waals surface area contributed by atoms with Crippen LogP contribution >= 0.6 is 0 Å². The Morgan fingerprint density at radius 2 is 1.73 bits per heavy atom. The standard InChI is InChI=1S/C8H10F3NO3/c1-7(2,4-3-5(13)14)12-6(15)8(9,10)11/h3-4H,1-2H3,(H,12,15)(H,13,14)/b4-3+. The van der Waals surface area contributed by atoms with Crippen molar-refractivity contribution < 1.29 is 27.9 Å². The molecule has 0 rings (SSSR count). The minimum absolute atomic E-state index is 0.663. The average Bonchev–Trinajstić information content (AvgIpc) is 1.98. The summed E-state index contributed by atoms with van der Waals surface area (Å²) in [6.07, 6.45) is -3.36. The van der Waals surface area contributed by atoms with Crippen molar-refractivity contribution in [2.75, 3.05) is 0 Å². The van der Waals surface area contributed by atoms with Crippen LogP contribution in [0.1, 0.15) is 13.8 Å². The molecule has 0 aromatic carbocycles. The number of nitrogens with one attached hydrogen (secondary N) is 1. The van der Waals surface area contributed by atoms with Gasteiger partial charge in [-0.2, -0.15) is 13.2 Å². The van der Waals surface area contributed by atoms with Crippen LogP contribution in [0.5, 0.6) is 0 Å². The first-order chi connectivity index (χ1) is 6.54. The molecule has 0 fully saturated rings. The Balaban J connectivity index is 4.52. The quantitative estimate of drug-likeness (QED) is 0.706. The highest BCUT2D eigenvalue weighted by Gasteiger charge is 2.40. The van der Waals surface area contributed by atoms with Crippen LogP contribution in [0.4, 0.5) is 13.2 Å². The van der Waals surface area contributed by atoms with Crippen LogP contribution in [0.25, 0.3) is 0 Å². The van der Waals surface area contributed by atoms with Crippen molar-refractivity contribution in [3.05, 3.63) is 12.2 Å². The van der Waals surface area contributed by atoms with Gasteiger partial charge in [0.1, 0.15) is 0 Å². The molecule has 0 spiro atoms. The number of hydrogen-bond acceptors (Lipinski definition) is 2. The summed E-state index contributed by atoms with van der Waals surface area (Å²) in [6, 6.07) is 0. The van der Waals surface area contributed by atoms with Gasteiger partial charge in [-0.15, -0.1) is 0 Å². The zero-order valence-corrected chi connectivity index (χ0v) is 8.05. The summed E-state index contributed by atoms with van der Waals surface area (Å²) in [5, 5.41) is 9.89. The van der Waals surface area contributed by atoms with Crippen molar-refractivity contribution in [3.63, 3.8) is 0 Å². The monoisotopic (exact) mass is 225 g/mol. The Morgan fingerprint density at radius 3 is 2.07 bits per heavy atom. The van der Waals surface area contributed by atoms with Gasteiger partial charge in [-0.05, 0) is 13.8 Å². The number of halogens is 3. The Hall–Kier alpha value is -1.53. The van der Waals surface area contributed by atoms with Crippen LogP contribution in [0, 0.1) is 0 Å². The van der Waals surface area contributed by atoms with E-state index in [9.17, 15) is 22.8 Å². The maximum Gasteiger partial charge on any atom is 0.471 e. The van der Waals surface area contributed by atoms with Crippen molar-refractivity contribution in [3.8, 4) is 0 Å². The predicted molar refractivity (Wildman–Crippen MR) is 45.1 cm³/mol. The third-order valence-corrected chi connectivity index (χ3v) is 1.34. The van der Waals surface area contributed by atoms with Crippen molar-refractivity contribution in [2.45, 2.75) is 25.6 Å². The lowest BCUT2D eigenvalue weighted by Gasteiger charge is -2.22. The van der Waals surface area contributed by atoms with Crippen LogP contribution in [-0.4, -0.2) is 28.7 Å². The largest absolute Gasteiger partial charge is 0.478 e. The van der Waals surface area contributed by atoms with Crippen LogP contribution in [-0.2, 0) is 9.59 Å². The van der Waals surface area contributed by atoms with Crippen molar-refractivity contribution in [1.82, 2.24) is 5.32 Å². The first-order valence-corrected chi connectivity index (χ1v) is 3.86. The van der Waals surface area contributed by atoms with Gasteiger partial charge in [0.05, 0.1) is 5.54 Å². The van der Waals surface area contributed by atoms with Gasteiger partial charge in [0.25, 0.3) is 0 Å². The first-order valence-electron chi connectivity index (χ1n) is 3.86. The van der Waals surface area contributed by atoms with Crippen molar-refractivity contribution >= 4 is 11.9 Å². The maximum atomic E-state index is 11.8. The fourth-order valence-electron chi connectivity index (χ4n) is 0.685. The molecule has 0 aromatic heterocycles. The normalized spacial score (nSPS) is 12.9. The summed E-state index contributed by atoms with van der Waals surface area (Å²) in [4.78, 5) is 20.6. The van der Waals surface area contributed by atoms with E-state index in [1.165, 1.54) is 13.8 Å². The van der Waals surface area contributed by atoms with Gasteiger partial charge in [0.2, 0.25) is 0 Å². The number of hydrogen-bond donors (Lipinski definition) is 2. The Bertz CT molecular complexity index is 294. The molecule has 0 unspecified atom stereocenters. The number of aliphatic carboxylic acids is 1. The van der Waals surface area contributed by atoms with Crippen LogP contribution in [0.15, 0.2) is 12.2 Å². The minimum Gasteiger partial charge on any atom is -0.478 e. The molecular formula is C8H10F3NO3. The Morgan fingerprint density at radius 1 is 1.27 bits per heavy atom. The fraction of sp³-hybridized carbons (Fsp3) is 0.500. The molecule has 15 heavy (non-hydrogen) atoms. The molecule has 0 aromatic rings. The summed E-state index contributed by atoms with van der Waals surface area (Å²) in [5.41, 5.74) is -1.37. The molecule has 7 heteroatoms. The molecule has 0 aliphatic carbocycles. The van der Waals surface area contributed by atoms with Crippen LogP contribution in [0.2, 0.25) is 0 Å². The van der Waals surface area contributed by atoms with Gasteiger partial charge in [-0.25, -0.2) is 4.79 Å². The first kappa shape index (κ1) is 13.5. The summed E-state index contributed by atoms with van der Waals surface area (Å²) < 4.78 is 35.5. The van der Waals surface area contributed by atoms with E-state index < -0.39 is 23.6 Å². The minimum atomic E-state index is -4.98. The van der Waals surface area contributed by atoms with E-state index in [1.54, 1.807) is 5.32 Å². The van der Waals surface area contributed by atoms with Gasteiger partial charge in [-0.1, -0.05) is 6.08 Å². The molecule has 0 atom stereocenters. The van der Waals surface area contributed by atoms with Gasteiger partial charge >= 0.3 is 18.1 Å². The van der Waals surface area contributed by atoms with E-state index in [1.807, 2.05) is 0 Å². The molecule has 0 saturated heterocycles.